The molecule has 4 aromatic rings. The third-order valence-electron chi connectivity index (χ3n) is 10.9. The highest BCUT2D eigenvalue weighted by Crippen LogP contribution is 2.48. The molecule has 3 radical (unpaired) electrons. The Morgan fingerprint density at radius 2 is 1.04 bits per heavy atom. The van der Waals surface area contributed by atoms with Gasteiger partial charge in [0, 0.05) is 19.9 Å². The minimum atomic E-state index is -0.821. The Morgan fingerprint density at radius 3 is 1.45 bits per heavy atom. The number of carbonyl (C=O) groups excluding carboxylic acids is 2. The number of nitriles is 2. The van der Waals surface area contributed by atoms with Crippen molar-refractivity contribution in [3.05, 3.63) is 125 Å². The number of carbonyl (C=O) groups is 2. The Hall–Kier alpha value is -5.40. The van der Waals surface area contributed by atoms with Crippen molar-refractivity contribution in [3.8, 4) is 34.4 Å². The number of ether oxygens (including phenoxy) is 2. The van der Waals surface area contributed by atoms with E-state index in [4.69, 9.17) is 9.47 Å². The minimum Gasteiger partial charge on any atom is -0.464 e. The number of hydrogen-bond acceptors (Lipinski definition) is 6. The molecule has 0 N–H and O–H groups in total. The van der Waals surface area contributed by atoms with Crippen LogP contribution in [0.5, 0.6) is 0 Å². The molecule has 0 saturated heterocycles. The van der Waals surface area contributed by atoms with E-state index in [0.717, 1.165) is 95.9 Å². The monoisotopic (exact) mass is 731 g/mol. The number of fused-ring (bicyclic) bond motifs is 6. The molecule has 0 spiro atoms. The molecule has 0 amide bonds. The number of benzene rings is 4. The molecule has 0 saturated carbocycles. The second-order valence-corrected chi connectivity index (χ2v) is 14.3. The molecule has 0 aliphatic heterocycles. The van der Waals surface area contributed by atoms with Crippen molar-refractivity contribution in [1.29, 1.82) is 10.5 Å². The van der Waals surface area contributed by atoms with E-state index in [-0.39, 0.29) is 19.9 Å². The van der Waals surface area contributed by atoms with E-state index in [1.165, 1.54) is 0 Å². The van der Waals surface area contributed by atoms with Gasteiger partial charge < -0.3 is 9.47 Å². The van der Waals surface area contributed by atoms with E-state index in [2.05, 4.69) is 52.0 Å². The van der Waals surface area contributed by atoms with Gasteiger partial charge in [-0.15, -0.1) is 0 Å². The van der Waals surface area contributed by atoms with Crippen molar-refractivity contribution >= 4 is 25.9 Å². The minimum absolute atomic E-state index is 0. The summed E-state index contributed by atoms with van der Waals surface area (Å²) >= 11 is 0. The molecule has 6 nitrogen and oxygen atoms in total. The SMILES string of the molecule is CCCCC(CC)COC(=O)C(C#N)=C1c2ccccc2-c2ccccc21.CCCCC(CC)COC(=O)C(C#N)C1c2ccccc2-c2ccccc21.[B]. The van der Waals surface area contributed by atoms with Gasteiger partial charge in [0.05, 0.1) is 19.3 Å². The maximum absolute atomic E-state index is 12.8. The Kier molecular flexibility index (Phi) is 16.1. The molecule has 281 valence electrons. The van der Waals surface area contributed by atoms with Crippen LogP contribution in [0.3, 0.4) is 0 Å². The molecule has 2 aliphatic rings. The van der Waals surface area contributed by atoms with Crippen LogP contribution in [-0.4, -0.2) is 33.6 Å². The van der Waals surface area contributed by atoms with E-state index in [1.54, 1.807) is 0 Å². The Balaban J connectivity index is 0.000000240. The van der Waals surface area contributed by atoms with Crippen molar-refractivity contribution in [2.75, 3.05) is 13.2 Å². The van der Waals surface area contributed by atoms with Crippen LogP contribution in [0.25, 0.3) is 27.8 Å². The van der Waals surface area contributed by atoms with Crippen molar-refractivity contribution in [3.63, 3.8) is 0 Å². The van der Waals surface area contributed by atoms with Crippen LogP contribution in [0.15, 0.2) is 103 Å². The third-order valence-corrected chi connectivity index (χ3v) is 10.9. The predicted octanol–water partition coefficient (Wildman–Crippen LogP) is 11.1. The molecular formula is C48H52BN2O4. The first-order valence-electron chi connectivity index (χ1n) is 19.7. The highest BCUT2D eigenvalue weighted by molar-refractivity contribution is 6.12. The maximum Gasteiger partial charge on any atom is 0.349 e. The first kappa shape index (κ1) is 42.3. The fourth-order valence-electron chi connectivity index (χ4n) is 7.66. The third kappa shape index (κ3) is 9.65. The van der Waals surface area contributed by atoms with Gasteiger partial charge >= 0.3 is 11.9 Å². The van der Waals surface area contributed by atoms with Gasteiger partial charge in [-0.05, 0) is 69.2 Å². The van der Waals surface area contributed by atoms with Crippen molar-refractivity contribution < 1.29 is 19.1 Å². The van der Waals surface area contributed by atoms with Crippen LogP contribution in [0.2, 0.25) is 0 Å². The number of nitrogens with zero attached hydrogens (tertiary/aromatic N) is 2. The van der Waals surface area contributed by atoms with Crippen molar-refractivity contribution in [2.45, 2.75) is 85.0 Å². The lowest BCUT2D eigenvalue weighted by Crippen LogP contribution is -2.25. The second kappa shape index (κ2) is 20.9. The molecule has 6 rings (SSSR count). The van der Waals surface area contributed by atoms with Crippen molar-refractivity contribution in [1.82, 2.24) is 0 Å². The van der Waals surface area contributed by atoms with Crippen LogP contribution in [0, 0.1) is 40.4 Å². The average molecular weight is 732 g/mol. The summed E-state index contributed by atoms with van der Waals surface area (Å²) in [6.45, 7) is 9.34. The highest BCUT2D eigenvalue weighted by atomic mass is 16.5. The molecule has 2 aliphatic carbocycles. The van der Waals surface area contributed by atoms with Gasteiger partial charge in [0.15, 0.2) is 5.92 Å². The van der Waals surface area contributed by atoms with Crippen LogP contribution < -0.4 is 0 Å². The first-order chi connectivity index (χ1) is 26.4. The van der Waals surface area contributed by atoms with E-state index < -0.39 is 17.9 Å². The fraction of sp³-hybridized carbons (Fsp3) is 0.375. The summed E-state index contributed by atoms with van der Waals surface area (Å²) in [5, 5.41) is 19.6. The standard InChI is InChI=1S/C24H27NO2.C24H25NO2.B/c2*1-3-5-10-17(4-2)16-27-24(26)22(15-25)23-20-13-8-6-11-18(20)19-12-7-9-14-21(19)23;/h6-9,11-14,17,22-23H,3-5,10,16H2,1-2H3;6-9,11-14,17H,3-5,10,16H2,1-2H3;. The van der Waals surface area contributed by atoms with Crippen LogP contribution in [0.4, 0.5) is 0 Å². The van der Waals surface area contributed by atoms with Gasteiger partial charge in [0.2, 0.25) is 0 Å². The summed E-state index contributed by atoms with van der Waals surface area (Å²) in [6.07, 6.45) is 8.60. The Labute approximate surface area is 329 Å². The largest absolute Gasteiger partial charge is 0.464 e. The number of esters is 2. The van der Waals surface area contributed by atoms with Gasteiger partial charge in [-0.2, -0.15) is 10.5 Å². The lowest BCUT2D eigenvalue weighted by atomic mass is 9.85. The number of unbranched alkanes of at least 4 members (excludes halogenated alkanes) is 2. The molecule has 3 atom stereocenters. The number of hydrogen-bond donors (Lipinski definition) is 0. The molecule has 0 aromatic heterocycles. The zero-order valence-electron chi connectivity index (χ0n) is 32.7. The van der Waals surface area contributed by atoms with E-state index >= 15 is 0 Å². The molecule has 0 heterocycles. The summed E-state index contributed by atoms with van der Waals surface area (Å²) in [6, 6.07) is 36.2. The second-order valence-electron chi connectivity index (χ2n) is 14.3. The molecule has 7 heteroatoms. The van der Waals surface area contributed by atoms with Gasteiger partial charge in [-0.25, -0.2) is 4.79 Å². The molecule has 55 heavy (non-hydrogen) atoms. The number of rotatable bonds is 15. The van der Waals surface area contributed by atoms with E-state index in [0.29, 0.717) is 30.6 Å². The van der Waals surface area contributed by atoms with Gasteiger partial charge in [0.25, 0.3) is 0 Å². The lowest BCUT2D eigenvalue weighted by molar-refractivity contribution is -0.148. The smallest absolute Gasteiger partial charge is 0.349 e. The zero-order chi connectivity index (χ0) is 38.5. The van der Waals surface area contributed by atoms with Gasteiger partial charge in [0.1, 0.15) is 11.6 Å². The molecule has 0 fully saturated rings. The Bertz CT molecular complexity index is 1950. The highest BCUT2D eigenvalue weighted by Gasteiger charge is 2.39. The summed E-state index contributed by atoms with van der Waals surface area (Å²) in [7, 11) is 0. The van der Waals surface area contributed by atoms with Crippen LogP contribution in [-0.2, 0) is 19.1 Å². The lowest BCUT2D eigenvalue weighted by Gasteiger charge is -2.20. The summed E-state index contributed by atoms with van der Waals surface area (Å²) < 4.78 is 11.2. The molecule has 3 unspecified atom stereocenters. The zero-order valence-corrected chi connectivity index (χ0v) is 32.7. The normalized spacial score (nSPS) is 13.5. The van der Waals surface area contributed by atoms with Crippen LogP contribution in [0.1, 0.15) is 107 Å². The van der Waals surface area contributed by atoms with E-state index in [1.807, 2.05) is 84.9 Å². The summed E-state index contributed by atoms with van der Waals surface area (Å²) in [5.41, 5.74) is 9.04. The predicted molar refractivity (Wildman–Crippen MR) is 221 cm³/mol. The Morgan fingerprint density at radius 1 is 0.618 bits per heavy atom. The first-order valence-corrected chi connectivity index (χ1v) is 19.7. The van der Waals surface area contributed by atoms with Gasteiger partial charge in [-0.3, -0.25) is 4.79 Å². The summed E-state index contributed by atoms with van der Waals surface area (Å²) in [4.78, 5) is 25.6. The molecular weight excluding hydrogens is 679 g/mol. The quantitative estimate of drug-likeness (QED) is 0.0460. The van der Waals surface area contributed by atoms with E-state index in [9.17, 15) is 20.1 Å². The van der Waals surface area contributed by atoms with Crippen molar-refractivity contribution in [2.24, 2.45) is 17.8 Å². The van der Waals surface area contributed by atoms with Crippen LogP contribution >= 0.6 is 0 Å². The molecule has 4 aromatic carbocycles. The fourth-order valence-corrected chi connectivity index (χ4v) is 7.66. The molecule has 0 bridgehead atoms. The topological polar surface area (TPSA) is 100 Å². The maximum atomic E-state index is 12.8. The summed E-state index contributed by atoms with van der Waals surface area (Å²) in [5.74, 6) is -1.28. The average Bonchev–Trinajstić information content (AvgIpc) is 3.72. The van der Waals surface area contributed by atoms with Gasteiger partial charge in [-0.1, -0.05) is 163 Å².